The molecular weight excluding hydrogens is 253 g/mol. The third-order valence-electron chi connectivity index (χ3n) is 2.84. The molecule has 0 aliphatic carbocycles. The van der Waals surface area contributed by atoms with E-state index in [1.54, 1.807) is 18.3 Å². The van der Waals surface area contributed by atoms with Crippen molar-refractivity contribution in [1.29, 1.82) is 0 Å². The smallest absolute Gasteiger partial charge is 0.146 e. The standard InChI is InChI=1S/C16H12FN3/c17-14-6-3-4-12(10-14)11-18-20-16-9-8-13-5-1-2-7-15(13)19-16/h1-11H,(H,19,20)/b18-11-. The molecule has 0 fully saturated rings. The monoisotopic (exact) mass is 265 g/mol. The van der Waals surface area contributed by atoms with E-state index in [1.165, 1.54) is 12.1 Å². The summed E-state index contributed by atoms with van der Waals surface area (Å²) in [6.45, 7) is 0. The predicted molar refractivity (Wildman–Crippen MR) is 79.4 cm³/mol. The second-order valence-electron chi connectivity index (χ2n) is 4.31. The van der Waals surface area contributed by atoms with Crippen LogP contribution in [0.5, 0.6) is 0 Å². The Labute approximate surface area is 115 Å². The highest BCUT2D eigenvalue weighted by atomic mass is 19.1. The average molecular weight is 265 g/mol. The normalized spacial score (nSPS) is 11.1. The second-order valence-corrected chi connectivity index (χ2v) is 4.31. The van der Waals surface area contributed by atoms with Crippen LogP contribution in [-0.2, 0) is 0 Å². The number of halogens is 1. The SMILES string of the molecule is Fc1cccc(/C=N\Nc2ccc3ccccc3n2)c1. The zero-order chi connectivity index (χ0) is 13.8. The largest absolute Gasteiger partial charge is 0.261 e. The topological polar surface area (TPSA) is 37.3 Å². The number of nitrogens with zero attached hydrogens (tertiary/aromatic N) is 2. The quantitative estimate of drug-likeness (QED) is 0.577. The van der Waals surface area contributed by atoms with Gasteiger partial charge in [-0.15, -0.1) is 0 Å². The Morgan fingerprint density at radius 3 is 2.80 bits per heavy atom. The fourth-order valence-electron chi connectivity index (χ4n) is 1.89. The van der Waals surface area contributed by atoms with Crippen LogP contribution in [0.1, 0.15) is 5.56 Å². The van der Waals surface area contributed by atoms with Crippen LogP contribution in [0.25, 0.3) is 10.9 Å². The maximum atomic E-state index is 13.0. The van der Waals surface area contributed by atoms with Gasteiger partial charge in [-0.05, 0) is 35.9 Å². The van der Waals surface area contributed by atoms with Crippen molar-refractivity contribution in [3.8, 4) is 0 Å². The van der Waals surface area contributed by atoms with Gasteiger partial charge in [0.1, 0.15) is 11.6 Å². The summed E-state index contributed by atoms with van der Waals surface area (Å²) in [6, 6.07) is 17.9. The summed E-state index contributed by atoms with van der Waals surface area (Å²) in [5, 5.41) is 5.13. The van der Waals surface area contributed by atoms with E-state index in [0.717, 1.165) is 10.9 Å². The van der Waals surface area contributed by atoms with E-state index >= 15 is 0 Å². The number of fused-ring (bicyclic) bond motifs is 1. The molecule has 3 aromatic rings. The van der Waals surface area contributed by atoms with Crippen LogP contribution < -0.4 is 5.43 Å². The number of rotatable bonds is 3. The molecule has 0 saturated heterocycles. The molecule has 0 radical (unpaired) electrons. The minimum atomic E-state index is -0.280. The molecule has 0 spiro atoms. The van der Waals surface area contributed by atoms with Gasteiger partial charge in [-0.3, -0.25) is 5.43 Å². The molecule has 4 heteroatoms. The number of aromatic nitrogens is 1. The Morgan fingerprint density at radius 1 is 1.00 bits per heavy atom. The molecule has 0 saturated carbocycles. The Bertz CT molecular complexity index is 768. The predicted octanol–water partition coefficient (Wildman–Crippen LogP) is 3.82. The van der Waals surface area contributed by atoms with E-state index in [-0.39, 0.29) is 5.82 Å². The molecule has 0 bridgehead atoms. The van der Waals surface area contributed by atoms with Crippen molar-refractivity contribution in [2.75, 3.05) is 5.43 Å². The Hall–Kier alpha value is -2.75. The van der Waals surface area contributed by atoms with Gasteiger partial charge in [-0.25, -0.2) is 9.37 Å². The fourth-order valence-corrected chi connectivity index (χ4v) is 1.89. The summed E-state index contributed by atoms with van der Waals surface area (Å²) in [6.07, 6.45) is 1.56. The molecular formula is C16H12FN3. The van der Waals surface area contributed by atoms with Crippen molar-refractivity contribution in [1.82, 2.24) is 4.98 Å². The third-order valence-corrected chi connectivity index (χ3v) is 2.84. The highest BCUT2D eigenvalue weighted by Crippen LogP contribution is 2.14. The number of anilines is 1. The lowest BCUT2D eigenvalue weighted by molar-refractivity contribution is 0.627. The van der Waals surface area contributed by atoms with E-state index in [4.69, 9.17) is 0 Å². The van der Waals surface area contributed by atoms with E-state index < -0.39 is 0 Å². The first-order chi connectivity index (χ1) is 9.81. The van der Waals surface area contributed by atoms with Crippen LogP contribution in [0.3, 0.4) is 0 Å². The Kier molecular flexibility index (Phi) is 3.37. The van der Waals surface area contributed by atoms with E-state index in [0.29, 0.717) is 11.4 Å². The van der Waals surface area contributed by atoms with Crippen LogP contribution in [-0.4, -0.2) is 11.2 Å². The van der Waals surface area contributed by atoms with Gasteiger partial charge in [0.05, 0.1) is 11.7 Å². The Morgan fingerprint density at radius 2 is 1.90 bits per heavy atom. The van der Waals surface area contributed by atoms with Crippen molar-refractivity contribution in [3.05, 3.63) is 72.0 Å². The first-order valence-corrected chi connectivity index (χ1v) is 6.22. The van der Waals surface area contributed by atoms with Crippen molar-refractivity contribution in [2.45, 2.75) is 0 Å². The van der Waals surface area contributed by atoms with E-state index in [2.05, 4.69) is 15.5 Å². The Balaban J connectivity index is 1.76. The zero-order valence-corrected chi connectivity index (χ0v) is 10.6. The summed E-state index contributed by atoms with van der Waals surface area (Å²) in [7, 11) is 0. The van der Waals surface area contributed by atoms with Crippen molar-refractivity contribution in [3.63, 3.8) is 0 Å². The first-order valence-electron chi connectivity index (χ1n) is 6.22. The van der Waals surface area contributed by atoms with Crippen LogP contribution in [0.4, 0.5) is 10.2 Å². The number of hydrogen-bond acceptors (Lipinski definition) is 3. The number of hydrogen-bond donors (Lipinski definition) is 1. The molecule has 2 aromatic carbocycles. The number of para-hydroxylation sites is 1. The van der Waals surface area contributed by atoms with Gasteiger partial charge in [0.2, 0.25) is 0 Å². The lowest BCUT2D eigenvalue weighted by atomic mass is 10.2. The summed E-state index contributed by atoms with van der Waals surface area (Å²) in [5.74, 6) is 0.370. The van der Waals surface area contributed by atoms with E-state index in [9.17, 15) is 4.39 Å². The van der Waals surface area contributed by atoms with Crippen LogP contribution in [0.15, 0.2) is 65.8 Å². The molecule has 1 N–H and O–H groups in total. The minimum absolute atomic E-state index is 0.280. The number of pyridine rings is 1. The van der Waals surface area contributed by atoms with Crippen molar-refractivity contribution in [2.24, 2.45) is 5.10 Å². The zero-order valence-electron chi connectivity index (χ0n) is 10.6. The molecule has 98 valence electrons. The highest BCUT2D eigenvalue weighted by molar-refractivity contribution is 5.81. The highest BCUT2D eigenvalue weighted by Gasteiger charge is 1.96. The van der Waals surface area contributed by atoms with E-state index in [1.807, 2.05) is 36.4 Å². The van der Waals surface area contributed by atoms with Gasteiger partial charge in [0.15, 0.2) is 0 Å². The summed E-state index contributed by atoms with van der Waals surface area (Å²) >= 11 is 0. The first kappa shape index (κ1) is 12.3. The summed E-state index contributed by atoms with van der Waals surface area (Å²) < 4.78 is 13.0. The molecule has 0 aliphatic rings. The molecule has 3 rings (SSSR count). The average Bonchev–Trinajstić information content (AvgIpc) is 2.47. The maximum Gasteiger partial charge on any atom is 0.146 e. The van der Waals surface area contributed by atoms with Gasteiger partial charge in [-0.1, -0.05) is 30.3 Å². The van der Waals surface area contributed by atoms with Crippen LogP contribution in [0.2, 0.25) is 0 Å². The van der Waals surface area contributed by atoms with Gasteiger partial charge >= 0.3 is 0 Å². The number of nitrogens with one attached hydrogen (secondary N) is 1. The van der Waals surface area contributed by atoms with Gasteiger partial charge < -0.3 is 0 Å². The fraction of sp³-hybridized carbons (Fsp3) is 0. The van der Waals surface area contributed by atoms with Crippen LogP contribution >= 0.6 is 0 Å². The molecule has 3 nitrogen and oxygen atoms in total. The molecule has 1 heterocycles. The number of hydrazone groups is 1. The minimum Gasteiger partial charge on any atom is -0.261 e. The summed E-state index contributed by atoms with van der Waals surface area (Å²) in [4.78, 5) is 4.43. The molecule has 0 atom stereocenters. The number of benzene rings is 2. The lowest BCUT2D eigenvalue weighted by Crippen LogP contribution is -1.94. The molecule has 0 unspecified atom stereocenters. The lowest BCUT2D eigenvalue weighted by Gasteiger charge is -2.01. The van der Waals surface area contributed by atoms with Gasteiger partial charge in [-0.2, -0.15) is 5.10 Å². The third kappa shape index (κ3) is 2.80. The molecule has 0 amide bonds. The van der Waals surface area contributed by atoms with Crippen molar-refractivity contribution < 1.29 is 4.39 Å². The van der Waals surface area contributed by atoms with Gasteiger partial charge in [0.25, 0.3) is 0 Å². The van der Waals surface area contributed by atoms with Crippen molar-refractivity contribution >= 4 is 22.9 Å². The molecule has 20 heavy (non-hydrogen) atoms. The van der Waals surface area contributed by atoms with Crippen LogP contribution in [0, 0.1) is 5.82 Å². The summed E-state index contributed by atoms with van der Waals surface area (Å²) in [5.41, 5.74) is 4.43. The second kappa shape index (κ2) is 5.48. The maximum absolute atomic E-state index is 13.0. The van der Waals surface area contributed by atoms with Gasteiger partial charge in [0, 0.05) is 5.39 Å². The molecule has 0 aliphatic heterocycles. The molecule has 1 aromatic heterocycles.